The second-order valence-corrected chi connectivity index (χ2v) is 6.24. The van der Waals surface area contributed by atoms with Crippen molar-refractivity contribution in [2.75, 3.05) is 46.8 Å². The molecule has 0 spiro atoms. The summed E-state index contributed by atoms with van der Waals surface area (Å²) in [5, 5.41) is 3.25. The highest BCUT2D eigenvalue weighted by molar-refractivity contribution is 5.79. The van der Waals surface area contributed by atoms with E-state index in [9.17, 15) is 4.79 Å². The molecule has 2 aliphatic rings. The summed E-state index contributed by atoms with van der Waals surface area (Å²) in [7, 11) is 4.26. The van der Waals surface area contributed by atoms with E-state index in [1.807, 2.05) is 0 Å². The first kappa shape index (κ1) is 13.8. The Morgan fingerprint density at radius 2 is 1.94 bits per heavy atom. The van der Waals surface area contributed by atoms with Crippen LogP contribution in [0.15, 0.2) is 0 Å². The molecular weight excluding hydrogens is 226 g/mol. The van der Waals surface area contributed by atoms with E-state index < -0.39 is 0 Å². The fraction of sp³-hybridized carbons (Fsp3) is 0.929. The minimum atomic E-state index is 0.205. The monoisotopic (exact) mass is 253 g/mol. The summed E-state index contributed by atoms with van der Waals surface area (Å²) >= 11 is 0. The fourth-order valence-corrected chi connectivity index (χ4v) is 3.01. The van der Waals surface area contributed by atoms with E-state index in [-0.39, 0.29) is 5.92 Å². The standard InChI is InChI=1S/C14H27N3O/c1-11(13-8-15-9-13)14(18)17-6-4-12(5-7-17)10-16(2)3/h11-13,15H,4-10H2,1-3H3. The van der Waals surface area contributed by atoms with Gasteiger partial charge in [-0.25, -0.2) is 0 Å². The number of likely N-dealkylation sites (tertiary alicyclic amines) is 1. The third-order valence-corrected chi connectivity index (χ3v) is 4.46. The predicted octanol–water partition coefficient (Wildman–Crippen LogP) is 0.642. The summed E-state index contributed by atoms with van der Waals surface area (Å²) in [5.41, 5.74) is 0. The van der Waals surface area contributed by atoms with Gasteiger partial charge in [0.05, 0.1) is 0 Å². The van der Waals surface area contributed by atoms with Gasteiger partial charge in [0, 0.05) is 25.6 Å². The molecule has 0 aromatic carbocycles. The number of nitrogens with one attached hydrogen (secondary N) is 1. The molecule has 1 unspecified atom stereocenters. The largest absolute Gasteiger partial charge is 0.342 e. The minimum Gasteiger partial charge on any atom is -0.342 e. The number of hydrogen-bond donors (Lipinski definition) is 1. The van der Waals surface area contributed by atoms with Crippen molar-refractivity contribution in [2.24, 2.45) is 17.8 Å². The van der Waals surface area contributed by atoms with Crippen LogP contribution < -0.4 is 5.32 Å². The topological polar surface area (TPSA) is 35.6 Å². The van der Waals surface area contributed by atoms with Gasteiger partial charge in [0.15, 0.2) is 0 Å². The van der Waals surface area contributed by atoms with Gasteiger partial charge < -0.3 is 15.1 Å². The first-order chi connectivity index (χ1) is 8.58. The lowest BCUT2D eigenvalue weighted by molar-refractivity contribution is -0.138. The maximum absolute atomic E-state index is 12.3. The Bertz CT molecular complexity index is 281. The number of carbonyl (C=O) groups is 1. The average molecular weight is 253 g/mol. The summed E-state index contributed by atoms with van der Waals surface area (Å²) in [6.07, 6.45) is 2.33. The van der Waals surface area contributed by atoms with Crippen LogP contribution in [0.3, 0.4) is 0 Å². The first-order valence-electron chi connectivity index (χ1n) is 7.22. The molecule has 0 saturated carbocycles. The van der Waals surface area contributed by atoms with Crippen molar-refractivity contribution < 1.29 is 4.79 Å². The SMILES string of the molecule is CC(C(=O)N1CCC(CN(C)C)CC1)C1CNC1. The van der Waals surface area contributed by atoms with Crippen LogP contribution in [0.2, 0.25) is 0 Å². The van der Waals surface area contributed by atoms with E-state index in [0.717, 1.165) is 38.6 Å². The maximum Gasteiger partial charge on any atom is 0.225 e. The van der Waals surface area contributed by atoms with Gasteiger partial charge in [-0.2, -0.15) is 0 Å². The lowest BCUT2D eigenvalue weighted by Crippen LogP contribution is -2.51. The van der Waals surface area contributed by atoms with Crippen LogP contribution in [0.4, 0.5) is 0 Å². The van der Waals surface area contributed by atoms with Gasteiger partial charge in [0.25, 0.3) is 0 Å². The molecule has 2 aliphatic heterocycles. The third kappa shape index (κ3) is 3.23. The molecule has 1 atom stereocenters. The quantitative estimate of drug-likeness (QED) is 0.799. The maximum atomic E-state index is 12.3. The second-order valence-electron chi connectivity index (χ2n) is 6.24. The number of hydrogen-bond acceptors (Lipinski definition) is 3. The van der Waals surface area contributed by atoms with Gasteiger partial charge in [0.1, 0.15) is 0 Å². The molecule has 0 aliphatic carbocycles. The minimum absolute atomic E-state index is 0.205. The van der Waals surface area contributed by atoms with E-state index in [1.54, 1.807) is 0 Å². The molecule has 104 valence electrons. The van der Waals surface area contributed by atoms with Crippen molar-refractivity contribution in [2.45, 2.75) is 19.8 Å². The highest BCUT2D eigenvalue weighted by Crippen LogP contribution is 2.23. The van der Waals surface area contributed by atoms with Crippen LogP contribution >= 0.6 is 0 Å². The van der Waals surface area contributed by atoms with Crippen LogP contribution in [0.1, 0.15) is 19.8 Å². The van der Waals surface area contributed by atoms with Crippen molar-refractivity contribution in [1.29, 1.82) is 0 Å². The molecule has 1 amide bonds. The lowest BCUT2D eigenvalue weighted by Gasteiger charge is -2.38. The molecule has 0 aromatic heterocycles. The molecule has 2 heterocycles. The summed E-state index contributed by atoms with van der Waals surface area (Å²) < 4.78 is 0. The van der Waals surface area contributed by atoms with Crippen LogP contribution in [0.5, 0.6) is 0 Å². The molecule has 0 bridgehead atoms. The Hall–Kier alpha value is -0.610. The number of rotatable bonds is 4. The zero-order valence-electron chi connectivity index (χ0n) is 12.0. The van der Waals surface area contributed by atoms with Crippen molar-refractivity contribution in [3.63, 3.8) is 0 Å². The molecule has 0 aromatic rings. The van der Waals surface area contributed by atoms with Gasteiger partial charge in [-0.3, -0.25) is 4.79 Å². The molecule has 2 rings (SSSR count). The summed E-state index contributed by atoms with van der Waals surface area (Å²) in [6.45, 7) is 7.21. The van der Waals surface area contributed by atoms with Gasteiger partial charge in [-0.05, 0) is 51.9 Å². The van der Waals surface area contributed by atoms with Crippen LogP contribution in [0, 0.1) is 17.8 Å². The van der Waals surface area contributed by atoms with E-state index in [1.165, 1.54) is 12.8 Å². The van der Waals surface area contributed by atoms with Gasteiger partial charge in [-0.1, -0.05) is 6.92 Å². The fourth-order valence-electron chi connectivity index (χ4n) is 3.01. The molecule has 2 saturated heterocycles. The molecule has 4 heteroatoms. The van der Waals surface area contributed by atoms with Crippen molar-refractivity contribution in [1.82, 2.24) is 15.1 Å². The first-order valence-corrected chi connectivity index (χ1v) is 7.22. The number of piperidine rings is 1. The Balaban J connectivity index is 1.76. The Labute approximate surface area is 111 Å². The number of amides is 1. The van der Waals surface area contributed by atoms with E-state index >= 15 is 0 Å². The average Bonchev–Trinajstić information content (AvgIpc) is 2.26. The van der Waals surface area contributed by atoms with E-state index in [0.29, 0.717) is 11.8 Å². The van der Waals surface area contributed by atoms with Crippen LogP contribution in [0.25, 0.3) is 0 Å². The molecule has 0 radical (unpaired) electrons. The van der Waals surface area contributed by atoms with Crippen LogP contribution in [-0.2, 0) is 4.79 Å². The molecule has 2 fully saturated rings. The predicted molar refractivity (Wildman–Crippen MR) is 73.4 cm³/mol. The molecule has 18 heavy (non-hydrogen) atoms. The normalized spacial score (nSPS) is 24.1. The smallest absolute Gasteiger partial charge is 0.225 e. The lowest BCUT2D eigenvalue weighted by atomic mass is 9.87. The second kappa shape index (κ2) is 6.02. The van der Waals surface area contributed by atoms with Crippen molar-refractivity contribution in [3.8, 4) is 0 Å². The highest BCUT2D eigenvalue weighted by Gasteiger charge is 2.33. The summed E-state index contributed by atoms with van der Waals surface area (Å²) in [6, 6.07) is 0. The molecule has 1 N–H and O–H groups in total. The number of carbonyl (C=O) groups excluding carboxylic acids is 1. The molecule has 4 nitrogen and oxygen atoms in total. The zero-order valence-corrected chi connectivity index (χ0v) is 12.0. The number of nitrogens with zero attached hydrogens (tertiary/aromatic N) is 2. The van der Waals surface area contributed by atoms with Gasteiger partial charge in [-0.15, -0.1) is 0 Å². The van der Waals surface area contributed by atoms with Gasteiger partial charge in [0.2, 0.25) is 5.91 Å². The third-order valence-electron chi connectivity index (χ3n) is 4.46. The zero-order chi connectivity index (χ0) is 13.1. The highest BCUT2D eigenvalue weighted by atomic mass is 16.2. The van der Waals surface area contributed by atoms with Crippen molar-refractivity contribution in [3.05, 3.63) is 0 Å². The van der Waals surface area contributed by atoms with E-state index in [2.05, 4.69) is 36.1 Å². The summed E-state index contributed by atoms with van der Waals surface area (Å²) in [4.78, 5) is 16.7. The van der Waals surface area contributed by atoms with Crippen molar-refractivity contribution >= 4 is 5.91 Å². The Morgan fingerprint density at radius 1 is 1.33 bits per heavy atom. The van der Waals surface area contributed by atoms with E-state index in [4.69, 9.17) is 0 Å². The summed E-state index contributed by atoms with van der Waals surface area (Å²) in [5.74, 6) is 1.92. The van der Waals surface area contributed by atoms with Gasteiger partial charge >= 0.3 is 0 Å². The van der Waals surface area contributed by atoms with Crippen LogP contribution in [-0.4, -0.2) is 62.5 Å². The Kier molecular flexibility index (Phi) is 4.62. The molecular formula is C14H27N3O. The Morgan fingerprint density at radius 3 is 2.39 bits per heavy atom.